The lowest BCUT2D eigenvalue weighted by Gasteiger charge is -2.10. The number of para-hydroxylation sites is 1. The number of nitro benzene ring substituents is 1. The smallest absolute Gasteiger partial charge is 0.280 e. The van der Waals surface area contributed by atoms with Crippen LogP contribution in [0, 0.1) is 10.1 Å². The number of hydrogen-bond acceptors (Lipinski definition) is 4. The van der Waals surface area contributed by atoms with E-state index in [9.17, 15) is 18.5 Å². The van der Waals surface area contributed by atoms with Gasteiger partial charge >= 0.3 is 5.69 Å². The minimum absolute atomic E-state index is 0.233. The van der Waals surface area contributed by atoms with E-state index >= 15 is 0 Å². The van der Waals surface area contributed by atoms with Crippen molar-refractivity contribution in [3.63, 3.8) is 0 Å². The van der Waals surface area contributed by atoms with E-state index in [1.807, 2.05) is 0 Å². The van der Waals surface area contributed by atoms with Crippen LogP contribution in [0.4, 0.5) is 11.4 Å². The molecule has 0 atom stereocenters. The Morgan fingerprint density at radius 3 is 2.24 bits per heavy atom. The van der Waals surface area contributed by atoms with E-state index in [0.29, 0.717) is 5.69 Å². The fraction of sp³-hybridized carbons (Fsp3) is 0. The lowest BCUT2D eigenvalue weighted by molar-refractivity contribution is -0.384. The minimum Gasteiger partial charge on any atom is -0.280 e. The molecule has 110 valence electrons. The van der Waals surface area contributed by atoms with Crippen molar-refractivity contribution in [3.05, 3.63) is 62.6 Å². The average Bonchev–Trinajstić information content (AvgIpc) is 2.38. The molecule has 9 heteroatoms. The van der Waals surface area contributed by atoms with E-state index in [1.54, 1.807) is 18.2 Å². The first-order valence-electron chi connectivity index (χ1n) is 5.53. The average molecular weight is 347 g/mol. The van der Waals surface area contributed by atoms with Gasteiger partial charge in [0.05, 0.1) is 4.92 Å². The monoisotopic (exact) mass is 346 g/mol. The van der Waals surface area contributed by atoms with Gasteiger partial charge in [-0.3, -0.25) is 14.8 Å². The molecule has 0 bridgehead atoms. The first-order chi connectivity index (χ1) is 9.83. The second kappa shape index (κ2) is 5.88. The number of nitro groups is 1. The van der Waals surface area contributed by atoms with Gasteiger partial charge in [-0.05, 0) is 24.3 Å². The van der Waals surface area contributed by atoms with E-state index in [2.05, 4.69) is 4.72 Å². The normalized spacial score (nSPS) is 11.1. The van der Waals surface area contributed by atoms with Crippen LogP contribution in [-0.2, 0) is 10.0 Å². The molecular formula is C12H8Cl2N2O4S. The molecule has 21 heavy (non-hydrogen) atoms. The highest BCUT2D eigenvalue weighted by Gasteiger charge is 2.27. The molecule has 0 heterocycles. The van der Waals surface area contributed by atoms with Gasteiger partial charge in [-0.1, -0.05) is 41.4 Å². The van der Waals surface area contributed by atoms with Gasteiger partial charge in [0, 0.05) is 5.69 Å². The number of hydrogen-bond donors (Lipinski definition) is 1. The molecule has 6 nitrogen and oxygen atoms in total. The van der Waals surface area contributed by atoms with Crippen molar-refractivity contribution < 1.29 is 13.3 Å². The van der Waals surface area contributed by atoms with E-state index in [-0.39, 0.29) is 5.02 Å². The SMILES string of the molecule is O=[N+]([O-])c1c(Cl)ccc(S(=O)(=O)Nc2ccccc2)c1Cl. The third-order valence-electron chi connectivity index (χ3n) is 2.53. The molecule has 0 aliphatic rings. The van der Waals surface area contributed by atoms with Crippen LogP contribution in [0.5, 0.6) is 0 Å². The summed E-state index contributed by atoms with van der Waals surface area (Å²) in [5, 5.41) is 10.1. The fourth-order valence-electron chi connectivity index (χ4n) is 1.61. The van der Waals surface area contributed by atoms with Crippen LogP contribution in [0.3, 0.4) is 0 Å². The standard InChI is InChI=1S/C12H8Cl2N2O4S/c13-9-6-7-10(11(14)12(9)16(17)18)21(19,20)15-8-4-2-1-3-5-8/h1-7,15H. The molecule has 2 aromatic rings. The van der Waals surface area contributed by atoms with Crippen LogP contribution in [0.15, 0.2) is 47.4 Å². The van der Waals surface area contributed by atoms with Crippen LogP contribution in [0.2, 0.25) is 10.0 Å². The Kier molecular flexibility index (Phi) is 4.36. The highest BCUT2D eigenvalue weighted by molar-refractivity contribution is 7.92. The molecule has 0 aromatic heterocycles. The maximum absolute atomic E-state index is 12.2. The van der Waals surface area contributed by atoms with E-state index in [4.69, 9.17) is 23.2 Å². The highest BCUT2D eigenvalue weighted by Crippen LogP contribution is 2.37. The van der Waals surface area contributed by atoms with Gasteiger partial charge in [0.1, 0.15) is 14.9 Å². The van der Waals surface area contributed by atoms with Crippen molar-refractivity contribution in [1.82, 2.24) is 0 Å². The van der Waals surface area contributed by atoms with Gasteiger partial charge < -0.3 is 0 Å². The zero-order valence-corrected chi connectivity index (χ0v) is 12.6. The predicted octanol–water partition coefficient (Wildman–Crippen LogP) is 3.70. The van der Waals surface area contributed by atoms with Gasteiger partial charge in [0.25, 0.3) is 10.0 Å². The van der Waals surface area contributed by atoms with Gasteiger partial charge in [0.2, 0.25) is 0 Å². The predicted molar refractivity (Wildman–Crippen MR) is 80.4 cm³/mol. The second-order valence-electron chi connectivity index (χ2n) is 3.94. The molecule has 0 amide bonds. The molecule has 2 rings (SSSR count). The topological polar surface area (TPSA) is 89.3 Å². The van der Waals surface area contributed by atoms with Crippen LogP contribution >= 0.6 is 23.2 Å². The second-order valence-corrected chi connectivity index (χ2v) is 6.37. The molecule has 0 aliphatic heterocycles. The number of rotatable bonds is 4. The summed E-state index contributed by atoms with van der Waals surface area (Å²) in [5.41, 5.74) is -0.333. The van der Waals surface area contributed by atoms with Crippen molar-refractivity contribution in [2.45, 2.75) is 4.90 Å². The first-order valence-corrected chi connectivity index (χ1v) is 7.77. The Balaban J connectivity index is 2.51. The maximum Gasteiger partial charge on any atom is 0.307 e. The van der Waals surface area contributed by atoms with Crippen molar-refractivity contribution in [2.24, 2.45) is 0 Å². The van der Waals surface area contributed by atoms with E-state index in [1.165, 1.54) is 12.1 Å². The summed E-state index contributed by atoms with van der Waals surface area (Å²) in [6.07, 6.45) is 0. The molecule has 0 unspecified atom stereocenters. The summed E-state index contributed by atoms with van der Waals surface area (Å²) >= 11 is 11.5. The van der Waals surface area contributed by atoms with Crippen LogP contribution in [0.25, 0.3) is 0 Å². The van der Waals surface area contributed by atoms with E-state index in [0.717, 1.165) is 12.1 Å². The highest BCUT2D eigenvalue weighted by atomic mass is 35.5. The third-order valence-corrected chi connectivity index (χ3v) is 4.75. The fourth-order valence-corrected chi connectivity index (χ4v) is 3.56. The number of sulfonamides is 1. The number of nitrogens with zero attached hydrogens (tertiary/aromatic N) is 1. The molecule has 2 aromatic carbocycles. The summed E-state index contributed by atoms with van der Waals surface area (Å²) in [6.45, 7) is 0. The first kappa shape index (κ1) is 15.6. The maximum atomic E-state index is 12.2. The van der Waals surface area contributed by atoms with Crippen molar-refractivity contribution in [1.29, 1.82) is 0 Å². The van der Waals surface area contributed by atoms with E-state index < -0.39 is 30.6 Å². The quantitative estimate of drug-likeness (QED) is 0.674. The molecule has 0 spiro atoms. The summed E-state index contributed by atoms with van der Waals surface area (Å²) in [4.78, 5) is 9.66. The van der Waals surface area contributed by atoms with Crippen molar-refractivity contribution in [3.8, 4) is 0 Å². The Labute approximate surface area is 130 Å². The van der Waals surface area contributed by atoms with Gasteiger partial charge in [-0.25, -0.2) is 8.42 Å². The Morgan fingerprint density at radius 1 is 1.05 bits per heavy atom. The lowest BCUT2D eigenvalue weighted by atomic mass is 10.3. The summed E-state index contributed by atoms with van der Waals surface area (Å²) in [7, 11) is -4.06. The van der Waals surface area contributed by atoms with Gasteiger partial charge in [-0.15, -0.1) is 0 Å². The molecule has 0 fully saturated rings. The molecular weight excluding hydrogens is 339 g/mol. The number of halogens is 2. The number of anilines is 1. The number of benzene rings is 2. The van der Waals surface area contributed by atoms with Gasteiger partial charge in [0.15, 0.2) is 0 Å². The molecule has 1 N–H and O–H groups in total. The largest absolute Gasteiger partial charge is 0.307 e. The van der Waals surface area contributed by atoms with Crippen LogP contribution < -0.4 is 4.72 Å². The van der Waals surface area contributed by atoms with Crippen molar-refractivity contribution >= 4 is 44.6 Å². The minimum atomic E-state index is -4.06. The third kappa shape index (κ3) is 3.26. The van der Waals surface area contributed by atoms with Gasteiger partial charge in [-0.2, -0.15) is 0 Å². The zero-order valence-electron chi connectivity index (χ0n) is 10.3. The summed E-state index contributed by atoms with van der Waals surface area (Å²) < 4.78 is 26.8. The Morgan fingerprint density at radius 2 is 1.67 bits per heavy atom. The molecule has 0 radical (unpaired) electrons. The van der Waals surface area contributed by atoms with Crippen LogP contribution in [0.1, 0.15) is 0 Å². The summed E-state index contributed by atoms with van der Waals surface area (Å²) in [6, 6.07) is 10.3. The Hall–Kier alpha value is -1.83. The Bertz CT molecular complexity index is 794. The summed E-state index contributed by atoms with van der Waals surface area (Å²) in [5.74, 6) is 0. The lowest BCUT2D eigenvalue weighted by Crippen LogP contribution is -2.14. The zero-order chi connectivity index (χ0) is 15.6. The molecule has 0 saturated heterocycles. The van der Waals surface area contributed by atoms with Crippen LogP contribution in [-0.4, -0.2) is 13.3 Å². The number of nitrogens with one attached hydrogen (secondary N) is 1. The molecule has 0 saturated carbocycles. The molecule has 0 aliphatic carbocycles. The van der Waals surface area contributed by atoms with Crippen molar-refractivity contribution in [2.75, 3.05) is 4.72 Å².